The zero-order chi connectivity index (χ0) is 14.4. The molecule has 0 saturated carbocycles. The summed E-state index contributed by atoms with van der Waals surface area (Å²) in [7, 11) is 2.00. The Balaban J connectivity index is 0.00000220. The fraction of sp³-hybridized carbons (Fsp3) is 0.562. The third kappa shape index (κ3) is 6.04. The normalized spacial score (nSPS) is 16.3. The van der Waals surface area contributed by atoms with Crippen LogP contribution in [0.5, 0.6) is 0 Å². The molecule has 0 aromatic heterocycles. The molecule has 4 nitrogen and oxygen atoms in total. The second kappa shape index (κ2) is 9.03. The minimum Gasteiger partial charge on any atom is -0.325 e. The number of anilines is 1. The van der Waals surface area contributed by atoms with Gasteiger partial charge in [-0.15, -0.1) is 12.4 Å². The van der Waals surface area contributed by atoms with Gasteiger partial charge in [0.25, 0.3) is 0 Å². The van der Waals surface area contributed by atoms with E-state index in [1.165, 1.54) is 12.8 Å². The first kappa shape index (κ1) is 18.0. The summed E-state index contributed by atoms with van der Waals surface area (Å²) in [6, 6.07) is 7.93. The number of amides is 1. The van der Waals surface area contributed by atoms with Crippen LogP contribution in [0.3, 0.4) is 0 Å². The maximum atomic E-state index is 12.0. The number of nitrogens with one attached hydrogen (secondary N) is 2. The van der Waals surface area contributed by atoms with Crippen molar-refractivity contribution < 1.29 is 4.79 Å². The molecule has 0 aliphatic carbocycles. The van der Waals surface area contributed by atoms with Crippen LogP contribution in [0.2, 0.25) is 0 Å². The molecule has 1 aromatic rings. The largest absolute Gasteiger partial charge is 0.325 e. The highest BCUT2D eigenvalue weighted by molar-refractivity contribution is 5.92. The summed E-state index contributed by atoms with van der Waals surface area (Å²) in [6.45, 7) is 5.66. The molecule has 1 aliphatic rings. The summed E-state index contributed by atoms with van der Waals surface area (Å²) in [4.78, 5) is 14.3. The number of aryl methyl sites for hydroxylation is 1. The number of nitrogens with zero attached hydrogens (tertiary/aromatic N) is 1. The van der Waals surface area contributed by atoms with Crippen LogP contribution in [-0.4, -0.2) is 44.0 Å². The Bertz CT molecular complexity index is 445. The van der Waals surface area contributed by atoms with Crippen LogP contribution in [0.1, 0.15) is 18.4 Å². The Hall–Kier alpha value is -1.10. The molecular formula is C16H26ClN3O. The molecule has 1 heterocycles. The van der Waals surface area contributed by atoms with Crippen LogP contribution < -0.4 is 10.6 Å². The predicted molar refractivity (Wildman–Crippen MR) is 90.1 cm³/mol. The summed E-state index contributed by atoms with van der Waals surface area (Å²) < 4.78 is 0. The van der Waals surface area contributed by atoms with Crippen molar-refractivity contribution in [1.29, 1.82) is 0 Å². The molecule has 0 bridgehead atoms. The first-order chi connectivity index (χ1) is 9.67. The van der Waals surface area contributed by atoms with Crippen LogP contribution in [0.25, 0.3) is 0 Å². The lowest BCUT2D eigenvalue weighted by atomic mass is 9.97. The van der Waals surface area contributed by atoms with Crippen molar-refractivity contribution in [3.05, 3.63) is 29.8 Å². The van der Waals surface area contributed by atoms with E-state index in [9.17, 15) is 4.79 Å². The van der Waals surface area contributed by atoms with Crippen LogP contribution in [0, 0.1) is 12.8 Å². The highest BCUT2D eigenvalue weighted by atomic mass is 35.5. The van der Waals surface area contributed by atoms with Crippen LogP contribution in [-0.2, 0) is 4.79 Å². The Kier molecular flexibility index (Phi) is 7.72. The van der Waals surface area contributed by atoms with E-state index in [2.05, 4.69) is 15.5 Å². The van der Waals surface area contributed by atoms with Gasteiger partial charge in [0.1, 0.15) is 0 Å². The Labute approximate surface area is 133 Å². The maximum Gasteiger partial charge on any atom is 0.238 e. The summed E-state index contributed by atoms with van der Waals surface area (Å²) in [6.07, 6.45) is 2.36. The molecule has 0 atom stereocenters. The number of piperidine rings is 1. The molecule has 1 saturated heterocycles. The molecule has 1 aliphatic heterocycles. The first-order valence-electron chi connectivity index (χ1n) is 7.41. The van der Waals surface area contributed by atoms with Gasteiger partial charge in [-0.05, 0) is 70.1 Å². The van der Waals surface area contributed by atoms with Gasteiger partial charge < -0.3 is 10.6 Å². The fourth-order valence-corrected chi connectivity index (χ4v) is 2.76. The van der Waals surface area contributed by atoms with E-state index in [0.717, 1.165) is 36.8 Å². The van der Waals surface area contributed by atoms with Crippen molar-refractivity contribution in [2.75, 3.05) is 38.5 Å². The van der Waals surface area contributed by atoms with E-state index in [-0.39, 0.29) is 18.3 Å². The van der Waals surface area contributed by atoms with Crippen molar-refractivity contribution in [2.45, 2.75) is 19.8 Å². The van der Waals surface area contributed by atoms with E-state index in [1.807, 2.05) is 38.2 Å². The fourth-order valence-electron chi connectivity index (χ4n) is 2.76. The Morgan fingerprint density at radius 3 is 2.67 bits per heavy atom. The lowest BCUT2D eigenvalue weighted by molar-refractivity contribution is -0.117. The first-order valence-corrected chi connectivity index (χ1v) is 7.41. The summed E-state index contributed by atoms with van der Waals surface area (Å²) in [5.74, 6) is 0.846. The molecule has 0 radical (unpaired) electrons. The van der Waals surface area contributed by atoms with Crippen molar-refractivity contribution >= 4 is 24.0 Å². The Morgan fingerprint density at radius 1 is 1.33 bits per heavy atom. The van der Waals surface area contributed by atoms with Gasteiger partial charge in [-0.2, -0.15) is 0 Å². The molecular weight excluding hydrogens is 286 g/mol. The smallest absolute Gasteiger partial charge is 0.238 e. The summed E-state index contributed by atoms with van der Waals surface area (Å²) >= 11 is 0. The van der Waals surface area contributed by atoms with Crippen LogP contribution in [0.4, 0.5) is 5.69 Å². The lowest BCUT2D eigenvalue weighted by Crippen LogP contribution is -2.40. The average Bonchev–Trinajstić information content (AvgIpc) is 2.41. The quantitative estimate of drug-likeness (QED) is 0.877. The van der Waals surface area contributed by atoms with Gasteiger partial charge in [0.15, 0.2) is 0 Å². The highest BCUT2D eigenvalue weighted by Crippen LogP contribution is 2.16. The van der Waals surface area contributed by atoms with Crippen LogP contribution >= 0.6 is 12.4 Å². The zero-order valence-electron chi connectivity index (χ0n) is 12.9. The second-order valence-corrected chi connectivity index (χ2v) is 5.69. The average molecular weight is 312 g/mol. The van der Waals surface area contributed by atoms with Crippen molar-refractivity contribution in [3.63, 3.8) is 0 Å². The molecule has 5 heteroatoms. The van der Waals surface area contributed by atoms with Crippen molar-refractivity contribution in [2.24, 2.45) is 5.92 Å². The minimum absolute atomic E-state index is 0. The van der Waals surface area contributed by atoms with E-state index < -0.39 is 0 Å². The molecule has 2 N–H and O–H groups in total. The zero-order valence-corrected chi connectivity index (χ0v) is 13.7. The maximum absolute atomic E-state index is 12.0. The standard InChI is InChI=1S/C16H25N3O.ClH/c1-13-4-3-5-15(10-13)18-16(20)12-19-8-6-14(7-9-19)11-17-2;/h3-5,10,14,17H,6-9,11-12H2,1-2H3,(H,18,20);1H. The third-order valence-electron chi connectivity index (χ3n) is 3.87. The number of benzene rings is 1. The molecule has 1 fully saturated rings. The Morgan fingerprint density at radius 2 is 2.05 bits per heavy atom. The van der Waals surface area contributed by atoms with Crippen molar-refractivity contribution in [3.8, 4) is 0 Å². The molecule has 0 spiro atoms. The van der Waals surface area contributed by atoms with Gasteiger partial charge in [0.2, 0.25) is 5.91 Å². The molecule has 1 amide bonds. The molecule has 2 rings (SSSR count). The van der Waals surface area contributed by atoms with Crippen LogP contribution in [0.15, 0.2) is 24.3 Å². The van der Waals surface area contributed by atoms with Crippen molar-refractivity contribution in [1.82, 2.24) is 10.2 Å². The van der Waals surface area contributed by atoms with Gasteiger partial charge >= 0.3 is 0 Å². The molecule has 0 unspecified atom stereocenters. The highest BCUT2D eigenvalue weighted by Gasteiger charge is 2.20. The lowest BCUT2D eigenvalue weighted by Gasteiger charge is -2.31. The van der Waals surface area contributed by atoms with E-state index >= 15 is 0 Å². The number of likely N-dealkylation sites (tertiary alicyclic amines) is 1. The monoisotopic (exact) mass is 311 g/mol. The van der Waals surface area contributed by atoms with Gasteiger partial charge in [0.05, 0.1) is 6.54 Å². The summed E-state index contributed by atoms with van der Waals surface area (Å²) in [5, 5.41) is 6.21. The number of hydrogen-bond donors (Lipinski definition) is 2. The van der Waals surface area contributed by atoms with E-state index in [4.69, 9.17) is 0 Å². The van der Waals surface area contributed by atoms with Gasteiger partial charge in [-0.1, -0.05) is 12.1 Å². The second-order valence-electron chi connectivity index (χ2n) is 5.69. The van der Waals surface area contributed by atoms with Gasteiger partial charge in [-0.25, -0.2) is 0 Å². The van der Waals surface area contributed by atoms with Gasteiger partial charge in [-0.3, -0.25) is 9.69 Å². The molecule has 118 valence electrons. The number of rotatable bonds is 5. The number of carbonyl (C=O) groups excluding carboxylic acids is 1. The van der Waals surface area contributed by atoms with E-state index in [0.29, 0.717) is 6.54 Å². The topological polar surface area (TPSA) is 44.4 Å². The molecule has 21 heavy (non-hydrogen) atoms. The number of carbonyl (C=O) groups is 1. The SMILES string of the molecule is CNCC1CCN(CC(=O)Nc2cccc(C)c2)CC1.Cl. The number of hydrogen-bond acceptors (Lipinski definition) is 3. The number of halogens is 1. The molecule has 1 aromatic carbocycles. The third-order valence-corrected chi connectivity index (χ3v) is 3.87. The predicted octanol–water partition coefficient (Wildman–Crippen LogP) is 2.29. The summed E-state index contributed by atoms with van der Waals surface area (Å²) in [5.41, 5.74) is 2.05. The van der Waals surface area contributed by atoms with Gasteiger partial charge in [0, 0.05) is 5.69 Å². The van der Waals surface area contributed by atoms with E-state index in [1.54, 1.807) is 0 Å². The minimum atomic E-state index is 0.